The molecule has 4 aromatic rings. The second kappa shape index (κ2) is 7.63. The quantitative estimate of drug-likeness (QED) is 0.495. The van der Waals surface area contributed by atoms with Gasteiger partial charge in [0.05, 0.1) is 5.25 Å². The van der Waals surface area contributed by atoms with Gasteiger partial charge in [-0.1, -0.05) is 78.5 Å². The van der Waals surface area contributed by atoms with Crippen molar-refractivity contribution < 1.29 is 4.79 Å². The third kappa shape index (κ3) is 3.85. The maximum atomic E-state index is 12.6. The molecular formula is C21H18N4OS. The van der Waals surface area contributed by atoms with E-state index in [2.05, 4.69) is 20.5 Å². The molecule has 6 heteroatoms. The van der Waals surface area contributed by atoms with Gasteiger partial charge < -0.3 is 5.32 Å². The monoisotopic (exact) mass is 374 g/mol. The van der Waals surface area contributed by atoms with Crippen molar-refractivity contribution in [1.82, 2.24) is 15.2 Å². The molecule has 0 aliphatic rings. The molecular weight excluding hydrogens is 356 g/mol. The molecule has 0 saturated heterocycles. The molecule has 27 heavy (non-hydrogen) atoms. The molecule has 134 valence electrons. The number of nitrogens with zero attached hydrogens (tertiary/aromatic N) is 2. The first-order valence-electron chi connectivity index (χ1n) is 8.64. The summed E-state index contributed by atoms with van der Waals surface area (Å²) in [6.45, 7) is 1.85. The van der Waals surface area contributed by atoms with Crippen molar-refractivity contribution >= 4 is 34.1 Å². The van der Waals surface area contributed by atoms with E-state index >= 15 is 0 Å². The Balaban J connectivity index is 1.46. The van der Waals surface area contributed by atoms with E-state index in [4.69, 9.17) is 0 Å². The third-order valence-corrected chi connectivity index (χ3v) is 5.17. The lowest BCUT2D eigenvalue weighted by Crippen LogP contribution is -2.22. The van der Waals surface area contributed by atoms with Crippen molar-refractivity contribution in [3.8, 4) is 11.4 Å². The lowest BCUT2D eigenvalue weighted by molar-refractivity contribution is -0.115. The molecule has 3 aromatic carbocycles. The molecule has 0 bridgehead atoms. The molecule has 1 atom stereocenters. The first kappa shape index (κ1) is 17.3. The summed E-state index contributed by atoms with van der Waals surface area (Å²) in [6, 6.07) is 23.7. The predicted molar refractivity (Wildman–Crippen MR) is 110 cm³/mol. The topological polar surface area (TPSA) is 70.7 Å². The molecule has 0 unspecified atom stereocenters. The Kier molecular flexibility index (Phi) is 4.89. The van der Waals surface area contributed by atoms with Gasteiger partial charge in [0.2, 0.25) is 11.1 Å². The number of benzene rings is 3. The highest BCUT2D eigenvalue weighted by molar-refractivity contribution is 8.00. The maximum absolute atomic E-state index is 12.6. The third-order valence-electron chi connectivity index (χ3n) is 4.21. The number of carbonyl (C=O) groups is 1. The summed E-state index contributed by atoms with van der Waals surface area (Å²) in [5.74, 6) is 0.613. The van der Waals surface area contributed by atoms with E-state index in [0.717, 1.165) is 22.0 Å². The second-order valence-corrected chi connectivity index (χ2v) is 7.42. The van der Waals surface area contributed by atoms with Crippen LogP contribution in [0.2, 0.25) is 0 Å². The van der Waals surface area contributed by atoms with Crippen molar-refractivity contribution in [3.63, 3.8) is 0 Å². The van der Waals surface area contributed by atoms with Crippen LogP contribution in [0.1, 0.15) is 6.92 Å². The molecule has 0 aliphatic heterocycles. The maximum Gasteiger partial charge on any atom is 0.237 e. The number of carbonyl (C=O) groups excluding carboxylic acids is 1. The number of amides is 1. The largest absolute Gasteiger partial charge is 0.325 e. The highest BCUT2D eigenvalue weighted by Crippen LogP contribution is 2.26. The predicted octanol–water partition coefficient (Wildman–Crippen LogP) is 4.74. The zero-order valence-electron chi connectivity index (χ0n) is 14.7. The van der Waals surface area contributed by atoms with Gasteiger partial charge in [0.15, 0.2) is 5.82 Å². The molecule has 0 aliphatic carbocycles. The van der Waals surface area contributed by atoms with Crippen molar-refractivity contribution in [2.45, 2.75) is 17.3 Å². The number of nitrogens with one attached hydrogen (secondary N) is 2. The first-order valence-corrected chi connectivity index (χ1v) is 9.52. The number of anilines is 1. The molecule has 4 rings (SSSR count). The number of thioether (sulfide) groups is 1. The van der Waals surface area contributed by atoms with Crippen LogP contribution in [0.5, 0.6) is 0 Å². The minimum atomic E-state index is -0.330. The van der Waals surface area contributed by atoms with E-state index in [1.54, 1.807) is 0 Å². The lowest BCUT2D eigenvalue weighted by atomic mass is 10.1. The van der Waals surface area contributed by atoms with Gasteiger partial charge in [-0.05, 0) is 18.4 Å². The Morgan fingerprint density at radius 2 is 1.74 bits per heavy atom. The Bertz CT molecular complexity index is 1070. The molecule has 0 spiro atoms. The van der Waals surface area contributed by atoms with E-state index in [0.29, 0.717) is 11.0 Å². The fraction of sp³-hybridized carbons (Fsp3) is 0.0952. The van der Waals surface area contributed by atoms with Crippen LogP contribution in [0, 0.1) is 0 Å². The van der Waals surface area contributed by atoms with E-state index in [1.165, 1.54) is 11.8 Å². The van der Waals surface area contributed by atoms with Crippen LogP contribution < -0.4 is 5.32 Å². The van der Waals surface area contributed by atoms with Gasteiger partial charge >= 0.3 is 0 Å². The highest BCUT2D eigenvalue weighted by atomic mass is 32.2. The van der Waals surface area contributed by atoms with Crippen LogP contribution in [0.25, 0.3) is 22.2 Å². The van der Waals surface area contributed by atoms with Crippen molar-refractivity contribution in [2.75, 3.05) is 5.32 Å². The molecule has 2 N–H and O–H groups in total. The van der Waals surface area contributed by atoms with E-state index in [-0.39, 0.29) is 11.2 Å². The summed E-state index contributed by atoms with van der Waals surface area (Å²) < 4.78 is 0. The zero-order chi connectivity index (χ0) is 18.6. The standard InChI is InChI=1S/C21H18N4OS/c1-14(27-21-23-19(24-25-21)16-9-3-2-4-10-16)20(26)22-18-13-7-11-15-8-5-6-12-17(15)18/h2-14H,1H3,(H,22,26)(H,23,24,25)/t14-/m1/s1. The summed E-state index contributed by atoms with van der Waals surface area (Å²) in [5, 5.41) is 12.5. The Morgan fingerprint density at radius 1 is 1.00 bits per heavy atom. The molecule has 1 aromatic heterocycles. The van der Waals surface area contributed by atoms with E-state index in [1.807, 2.05) is 79.7 Å². The summed E-state index contributed by atoms with van der Waals surface area (Å²) in [7, 11) is 0. The Hall–Kier alpha value is -3.12. The number of hydrogen-bond donors (Lipinski definition) is 2. The number of H-pyrrole nitrogens is 1. The Morgan fingerprint density at radius 3 is 2.59 bits per heavy atom. The van der Waals surface area contributed by atoms with Crippen LogP contribution >= 0.6 is 11.8 Å². The number of aromatic amines is 1. The lowest BCUT2D eigenvalue weighted by Gasteiger charge is -2.12. The fourth-order valence-corrected chi connectivity index (χ4v) is 3.53. The minimum absolute atomic E-state index is 0.0811. The Labute approximate surface area is 161 Å². The fourth-order valence-electron chi connectivity index (χ4n) is 2.80. The van der Waals surface area contributed by atoms with Crippen LogP contribution in [0.15, 0.2) is 78.0 Å². The summed E-state index contributed by atoms with van der Waals surface area (Å²) >= 11 is 1.33. The highest BCUT2D eigenvalue weighted by Gasteiger charge is 2.18. The summed E-state index contributed by atoms with van der Waals surface area (Å²) in [4.78, 5) is 17.1. The van der Waals surface area contributed by atoms with E-state index in [9.17, 15) is 4.79 Å². The minimum Gasteiger partial charge on any atom is -0.325 e. The van der Waals surface area contributed by atoms with Gasteiger partial charge in [-0.3, -0.25) is 9.89 Å². The van der Waals surface area contributed by atoms with Gasteiger partial charge in [0.25, 0.3) is 0 Å². The number of aromatic nitrogens is 3. The second-order valence-electron chi connectivity index (χ2n) is 6.11. The average molecular weight is 374 g/mol. The molecule has 1 amide bonds. The number of hydrogen-bond acceptors (Lipinski definition) is 4. The summed E-state index contributed by atoms with van der Waals surface area (Å²) in [6.07, 6.45) is 0. The normalized spacial score (nSPS) is 12.0. The van der Waals surface area contributed by atoms with Crippen molar-refractivity contribution in [1.29, 1.82) is 0 Å². The van der Waals surface area contributed by atoms with Crippen LogP contribution in [-0.4, -0.2) is 26.3 Å². The van der Waals surface area contributed by atoms with Gasteiger partial charge in [-0.2, -0.15) is 0 Å². The van der Waals surface area contributed by atoms with Gasteiger partial charge in [-0.15, -0.1) is 5.10 Å². The first-order chi connectivity index (χ1) is 13.2. The van der Waals surface area contributed by atoms with Crippen molar-refractivity contribution in [3.05, 3.63) is 72.8 Å². The number of rotatable bonds is 5. The molecule has 0 fully saturated rings. The smallest absolute Gasteiger partial charge is 0.237 e. The number of fused-ring (bicyclic) bond motifs is 1. The van der Waals surface area contributed by atoms with Gasteiger partial charge in [-0.25, -0.2) is 4.98 Å². The van der Waals surface area contributed by atoms with Crippen LogP contribution in [0.3, 0.4) is 0 Å². The average Bonchev–Trinajstić information content (AvgIpc) is 3.17. The van der Waals surface area contributed by atoms with Crippen LogP contribution in [-0.2, 0) is 4.79 Å². The van der Waals surface area contributed by atoms with Gasteiger partial charge in [0.1, 0.15) is 0 Å². The molecule has 5 nitrogen and oxygen atoms in total. The molecule has 0 saturated carbocycles. The molecule has 1 heterocycles. The molecule has 0 radical (unpaired) electrons. The van der Waals surface area contributed by atoms with E-state index < -0.39 is 0 Å². The zero-order valence-corrected chi connectivity index (χ0v) is 15.5. The summed E-state index contributed by atoms with van der Waals surface area (Å²) in [5.41, 5.74) is 1.77. The van der Waals surface area contributed by atoms with Gasteiger partial charge in [0, 0.05) is 16.6 Å². The SMILES string of the molecule is C[C@@H](Sc1n[nH]c(-c2ccccc2)n1)C(=O)Nc1cccc2ccccc12. The van der Waals surface area contributed by atoms with Crippen LogP contribution in [0.4, 0.5) is 5.69 Å². The van der Waals surface area contributed by atoms with Crippen molar-refractivity contribution in [2.24, 2.45) is 0 Å².